The van der Waals surface area contributed by atoms with Crippen LogP contribution in [0.4, 0.5) is 0 Å². The Morgan fingerprint density at radius 2 is 0.837 bits per heavy atom. The van der Waals surface area contributed by atoms with Crippen molar-refractivity contribution >= 4 is 42.8 Å². The molecule has 0 saturated carbocycles. The summed E-state index contributed by atoms with van der Waals surface area (Å²) in [5.74, 6) is 0. The van der Waals surface area contributed by atoms with Crippen molar-refractivity contribution in [3.8, 4) is 43.4 Å². The van der Waals surface area contributed by atoms with Gasteiger partial charge < -0.3 is 9.97 Å². The van der Waals surface area contributed by atoms with Gasteiger partial charge >= 0.3 is 21.1 Å². The summed E-state index contributed by atoms with van der Waals surface area (Å²) in [5.41, 5.74) is 6.89. The van der Waals surface area contributed by atoms with Crippen LogP contribution in [0.1, 0.15) is 0 Å². The predicted molar refractivity (Wildman–Crippen MR) is 179 cm³/mol. The Hall–Kier alpha value is -4.21. The first kappa shape index (κ1) is 28.9. The SMILES string of the molecule is [Pt+2].[c-]1c(-c2ccccn2)sc2ccc(-c3ccccc3)cc12.[c-]1c(-c2ccccn2)sc2ccc(-c3ccccc3)cc12. The minimum atomic E-state index is 0. The Kier molecular flexibility index (Phi) is 9.00. The second-order valence-electron chi connectivity index (χ2n) is 9.70. The molecule has 0 aliphatic heterocycles. The predicted octanol–water partition coefficient (Wildman–Crippen LogP) is 10.9. The van der Waals surface area contributed by atoms with E-state index in [0.29, 0.717) is 0 Å². The van der Waals surface area contributed by atoms with Crippen LogP contribution in [0, 0.1) is 12.1 Å². The van der Waals surface area contributed by atoms with E-state index in [9.17, 15) is 0 Å². The summed E-state index contributed by atoms with van der Waals surface area (Å²) in [6.45, 7) is 0. The summed E-state index contributed by atoms with van der Waals surface area (Å²) in [7, 11) is 0. The van der Waals surface area contributed by atoms with E-state index in [0.717, 1.165) is 31.9 Å². The molecule has 0 atom stereocenters. The quantitative estimate of drug-likeness (QED) is 0.167. The molecule has 0 saturated heterocycles. The van der Waals surface area contributed by atoms with Crippen LogP contribution in [0.15, 0.2) is 146 Å². The van der Waals surface area contributed by atoms with E-state index in [1.54, 1.807) is 22.7 Å². The van der Waals surface area contributed by atoms with Crippen LogP contribution in [-0.2, 0) is 21.1 Å². The second-order valence-corrected chi connectivity index (χ2v) is 11.8. The third kappa shape index (κ3) is 6.58. The Morgan fingerprint density at radius 3 is 1.23 bits per heavy atom. The second kappa shape index (κ2) is 13.4. The minimum absolute atomic E-state index is 0. The third-order valence-corrected chi connectivity index (χ3v) is 9.07. The molecule has 0 aliphatic rings. The third-order valence-electron chi connectivity index (χ3n) is 6.89. The first-order valence-corrected chi connectivity index (χ1v) is 15.3. The van der Waals surface area contributed by atoms with Crippen molar-refractivity contribution in [2.45, 2.75) is 0 Å². The number of hydrogen-bond donors (Lipinski definition) is 0. The molecule has 208 valence electrons. The first-order valence-electron chi connectivity index (χ1n) is 13.7. The molecule has 4 aromatic heterocycles. The zero-order valence-corrected chi connectivity index (χ0v) is 26.8. The van der Waals surface area contributed by atoms with E-state index in [1.807, 2.05) is 60.9 Å². The molecule has 8 aromatic rings. The molecule has 4 heterocycles. The zero-order valence-electron chi connectivity index (χ0n) is 22.9. The molecule has 2 nitrogen and oxygen atoms in total. The van der Waals surface area contributed by atoms with Gasteiger partial charge in [-0.25, -0.2) is 22.7 Å². The van der Waals surface area contributed by atoms with Crippen LogP contribution in [0.2, 0.25) is 0 Å². The molecule has 4 aromatic carbocycles. The van der Waals surface area contributed by atoms with E-state index >= 15 is 0 Å². The smallest absolute Gasteiger partial charge is 0.303 e. The Balaban J connectivity index is 0.000000150. The normalized spacial score (nSPS) is 10.6. The van der Waals surface area contributed by atoms with Gasteiger partial charge in [-0.2, -0.15) is 0 Å². The largest absolute Gasteiger partial charge is 2.00 e. The number of rotatable bonds is 4. The van der Waals surface area contributed by atoms with E-state index in [1.165, 1.54) is 31.7 Å². The number of benzene rings is 4. The van der Waals surface area contributed by atoms with Crippen molar-refractivity contribution in [3.05, 3.63) is 158 Å². The molecule has 5 heteroatoms. The monoisotopic (exact) mass is 767 g/mol. The fourth-order valence-electron chi connectivity index (χ4n) is 4.80. The van der Waals surface area contributed by atoms with Gasteiger partial charge in [-0.05, 0) is 42.4 Å². The summed E-state index contributed by atoms with van der Waals surface area (Å²) in [4.78, 5) is 11.0. The van der Waals surface area contributed by atoms with Crippen LogP contribution in [0.5, 0.6) is 0 Å². The van der Waals surface area contributed by atoms with E-state index < -0.39 is 0 Å². The van der Waals surface area contributed by atoms with Gasteiger partial charge in [-0.1, -0.05) is 120 Å². The summed E-state index contributed by atoms with van der Waals surface area (Å²) in [5, 5.41) is 2.31. The van der Waals surface area contributed by atoms with Gasteiger partial charge in [-0.15, -0.1) is 35.0 Å². The van der Waals surface area contributed by atoms with Crippen LogP contribution in [0.25, 0.3) is 63.6 Å². The molecule has 0 amide bonds. The molecule has 43 heavy (non-hydrogen) atoms. The maximum Gasteiger partial charge on any atom is 2.00 e. The number of nitrogens with zero attached hydrogens (tertiary/aromatic N) is 2. The van der Waals surface area contributed by atoms with Gasteiger partial charge in [0, 0.05) is 23.8 Å². The van der Waals surface area contributed by atoms with Crippen LogP contribution in [0.3, 0.4) is 0 Å². The number of thiophene rings is 2. The number of fused-ring (bicyclic) bond motifs is 2. The van der Waals surface area contributed by atoms with E-state index in [-0.39, 0.29) is 21.1 Å². The molecule has 0 aliphatic carbocycles. The fraction of sp³-hybridized carbons (Fsp3) is 0. The van der Waals surface area contributed by atoms with Crippen LogP contribution < -0.4 is 0 Å². The molecule has 0 spiro atoms. The van der Waals surface area contributed by atoms with Gasteiger partial charge in [0.2, 0.25) is 0 Å². The molecule has 0 fully saturated rings. The molecule has 0 unspecified atom stereocenters. The molecule has 0 radical (unpaired) electrons. The van der Waals surface area contributed by atoms with E-state index in [4.69, 9.17) is 0 Å². The standard InChI is InChI=1S/2C19H12NS.Pt/c2*1-2-6-14(7-3-1)15-9-10-18-16(12-15)13-19(21-18)17-8-4-5-11-20-17;/h2*1-12H;/q2*-1;+2. The summed E-state index contributed by atoms with van der Waals surface area (Å²) >= 11 is 3.47. The van der Waals surface area contributed by atoms with Crippen molar-refractivity contribution in [2.75, 3.05) is 0 Å². The number of aromatic nitrogens is 2. The molecular formula is C38H24N2PtS2. The first-order chi connectivity index (χ1) is 20.8. The number of pyridine rings is 2. The molecular weight excluding hydrogens is 744 g/mol. The van der Waals surface area contributed by atoms with Gasteiger partial charge in [0.05, 0.1) is 0 Å². The van der Waals surface area contributed by atoms with Gasteiger partial charge in [0.25, 0.3) is 0 Å². The average Bonchev–Trinajstić information content (AvgIpc) is 3.71. The van der Waals surface area contributed by atoms with E-state index in [2.05, 4.69) is 107 Å². The average molecular weight is 768 g/mol. The van der Waals surface area contributed by atoms with Crippen molar-refractivity contribution in [1.29, 1.82) is 0 Å². The minimum Gasteiger partial charge on any atom is -0.303 e. The van der Waals surface area contributed by atoms with Gasteiger partial charge in [0.15, 0.2) is 0 Å². The summed E-state index contributed by atoms with van der Waals surface area (Å²) < 4.78 is 2.49. The topological polar surface area (TPSA) is 25.8 Å². The maximum absolute atomic E-state index is 4.40. The van der Waals surface area contributed by atoms with Crippen LogP contribution in [-0.4, -0.2) is 9.97 Å². The van der Waals surface area contributed by atoms with Crippen molar-refractivity contribution < 1.29 is 21.1 Å². The Labute approximate surface area is 273 Å². The van der Waals surface area contributed by atoms with Crippen molar-refractivity contribution in [3.63, 3.8) is 0 Å². The molecule has 0 bridgehead atoms. The fourth-order valence-corrected chi connectivity index (χ4v) is 6.72. The van der Waals surface area contributed by atoms with Crippen molar-refractivity contribution in [2.24, 2.45) is 0 Å². The van der Waals surface area contributed by atoms with Gasteiger partial charge in [-0.3, -0.25) is 0 Å². The summed E-state index contributed by atoms with van der Waals surface area (Å²) in [6, 6.07) is 52.9. The van der Waals surface area contributed by atoms with Gasteiger partial charge in [0.1, 0.15) is 0 Å². The maximum atomic E-state index is 4.40. The summed E-state index contributed by atoms with van der Waals surface area (Å²) in [6.07, 6.45) is 3.64. The van der Waals surface area contributed by atoms with Crippen molar-refractivity contribution in [1.82, 2.24) is 9.97 Å². The molecule has 8 rings (SSSR count). The zero-order chi connectivity index (χ0) is 28.1. The number of hydrogen-bond acceptors (Lipinski definition) is 4. The Morgan fingerprint density at radius 1 is 0.419 bits per heavy atom. The van der Waals surface area contributed by atoms with Crippen LogP contribution >= 0.6 is 22.7 Å². The molecule has 0 N–H and O–H groups in total. The Bertz CT molecular complexity index is 1840.